The predicted octanol–water partition coefficient (Wildman–Crippen LogP) is 3.63. The Morgan fingerprint density at radius 3 is 2.61 bits per heavy atom. The number of hydrogen-bond donors (Lipinski definition) is 2. The Balaban J connectivity index is 2.80. The number of guanidine groups is 1. The summed E-state index contributed by atoms with van der Waals surface area (Å²) in [5, 5.41) is 7.80. The lowest BCUT2D eigenvalue weighted by atomic mass is 10.1. The Hall–Kier alpha value is -0.930. The van der Waals surface area contributed by atoms with E-state index in [-0.39, 0.29) is 6.04 Å². The monoisotopic (exact) mass is 287 g/mol. The van der Waals surface area contributed by atoms with Crippen molar-refractivity contribution in [2.45, 2.75) is 26.8 Å². The van der Waals surface area contributed by atoms with Gasteiger partial charge in [-0.2, -0.15) is 0 Å². The molecule has 1 aromatic rings. The van der Waals surface area contributed by atoms with Gasteiger partial charge in [-0.3, -0.25) is 4.99 Å². The van der Waals surface area contributed by atoms with Crippen molar-refractivity contribution in [3.63, 3.8) is 0 Å². The van der Waals surface area contributed by atoms with Crippen molar-refractivity contribution in [2.75, 3.05) is 13.1 Å². The van der Waals surface area contributed by atoms with Crippen LogP contribution in [0.2, 0.25) is 10.0 Å². The molecule has 1 aromatic carbocycles. The molecule has 3 nitrogen and oxygen atoms in total. The van der Waals surface area contributed by atoms with Crippen molar-refractivity contribution in [1.29, 1.82) is 0 Å². The van der Waals surface area contributed by atoms with E-state index in [0.29, 0.717) is 10.0 Å². The van der Waals surface area contributed by atoms with Crippen LogP contribution in [-0.4, -0.2) is 19.0 Å². The summed E-state index contributed by atoms with van der Waals surface area (Å²) in [6.07, 6.45) is 0. The summed E-state index contributed by atoms with van der Waals surface area (Å²) in [6, 6.07) is 5.59. The second-order valence-corrected chi connectivity index (χ2v) is 4.73. The Morgan fingerprint density at radius 1 is 1.33 bits per heavy atom. The average Bonchev–Trinajstić information content (AvgIpc) is 2.29. The first-order valence-corrected chi connectivity index (χ1v) is 6.83. The quantitative estimate of drug-likeness (QED) is 0.655. The minimum Gasteiger partial charge on any atom is -0.357 e. The molecule has 1 rings (SSSR count). The fourth-order valence-electron chi connectivity index (χ4n) is 1.61. The fourth-order valence-corrected chi connectivity index (χ4v) is 2.19. The number of nitrogens with one attached hydrogen (secondary N) is 2. The first-order valence-electron chi connectivity index (χ1n) is 6.08. The highest BCUT2D eigenvalue weighted by molar-refractivity contribution is 6.35. The van der Waals surface area contributed by atoms with Crippen LogP contribution < -0.4 is 10.6 Å². The van der Waals surface area contributed by atoms with E-state index < -0.39 is 0 Å². The number of rotatable bonds is 4. The van der Waals surface area contributed by atoms with Crippen LogP contribution in [0.4, 0.5) is 0 Å². The van der Waals surface area contributed by atoms with Crippen molar-refractivity contribution in [1.82, 2.24) is 10.6 Å². The van der Waals surface area contributed by atoms with Gasteiger partial charge in [-0.15, -0.1) is 0 Å². The van der Waals surface area contributed by atoms with Gasteiger partial charge in [-0.05, 0) is 38.5 Å². The predicted molar refractivity (Wildman–Crippen MR) is 79.7 cm³/mol. The molecule has 0 aliphatic heterocycles. The van der Waals surface area contributed by atoms with Crippen LogP contribution in [0.3, 0.4) is 0 Å². The molecule has 0 radical (unpaired) electrons. The largest absolute Gasteiger partial charge is 0.357 e. The summed E-state index contributed by atoms with van der Waals surface area (Å²) >= 11 is 12.1. The molecule has 0 fully saturated rings. The maximum Gasteiger partial charge on any atom is 0.191 e. The standard InChI is InChI=1S/C13H19Cl2N3/c1-4-16-13(17-5-2)18-9(3)11-7-6-10(14)8-12(11)15/h6-9H,4-5H2,1-3H3,(H2,16,17,18). The topological polar surface area (TPSA) is 36.4 Å². The van der Waals surface area contributed by atoms with E-state index in [9.17, 15) is 0 Å². The molecule has 1 unspecified atom stereocenters. The van der Waals surface area contributed by atoms with Gasteiger partial charge >= 0.3 is 0 Å². The van der Waals surface area contributed by atoms with Crippen LogP contribution in [-0.2, 0) is 0 Å². The van der Waals surface area contributed by atoms with Crippen molar-refractivity contribution in [2.24, 2.45) is 4.99 Å². The summed E-state index contributed by atoms with van der Waals surface area (Å²) in [5.74, 6) is 0.790. The smallest absolute Gasteiger partial charge is 0.191 e. The van der Waals surface area contributed by atoms with Gasteiger partial charge in [-0.25, -0.2) is 0 Å². The number of benzene rings is 1. The van der Waals surface area contributed by atoms with Gasteiger partial charge in [0.25, 0.3) is 0 Å². The van der Waals surface area contributed by atoms with Gasteiger partial charge in [0.15, 0.2) is 5.96 Å². The number of nitrogens with zero attached hydrogens (tertiary/aromatic N) is 1. The molecule has 0 bridgehead atoms. The second-order valence-electron chi connectivity index (χ2n) is 3.89. The summed E-state index contributed by atoms with van der Waals surface area (Å²) in [7, 11) is 0. The SMILES string of the molecule is CCN=C(NCC)NC(C)c1ccc(Cl)cc1Cl. The van der Waals surface area contributed by atoms with Crippen molar-refractivity contribution in [3.8, 4) is 0 Å². The molecule has 0 aliphatic carbocycles. The van der Waals surface area contributed by atoms with Crippen LogP contribution in [0.25, 0.3) is 0 Å². The third-order valence-corrected chi connectivity index (χ3v) is 3.01. The molecule has 0 amide bonds. The third kappa shape index (κ3) is 4.39. The van der Waals surface area contributed by atoms with Crippen molar-refractivity contribution >= 4 is 29.2 Å². The van der Waals surface area contributed by atoms with Gasteiger partial charge in [0.2, 0.25) is 0 Å². The second kappa shape index (κ2) is 7.49. The number of halogens is 2. The van der Waals surface area contributed by atoms with Gasteiger partial charge in [0.05, 0.1) is 6.04 Å². The lowest BCUT2D eigenvalue weighted by Crippen LogP contribution is -2.38. The molecule has 0 saturated heterocycles. The van der Waals surface area contributed by atoms with E-state index in [0.717, 1.165) is 24.6 Å². The Kier molecular flexibility index (Phi) is 6.30. The van der Waals surface area contributed by atoms with E-state index in [1.807, 2.05) is 32.9 Å². The molecule has 1 atom stereocenters. The molecule has 100 valence electrons. The van der Waals surface area contributed by atoms with E-state index in [1.165, 1.54) is 0 Å². The Bertz CT molecular complexity index is 419. The molecular formula is C13H19Cl2N3. The molecule has 5 heteroatoms. The zero-order valence-corrected chi connectivity index (χ0v) is 12.4. The van der Waals surface area contributed by atoms with E-state index in [4.69, 9.17) is 23.2 Å². The Morgan fingerprint density at radius 2 is 2.06 bits per heavy atom. The van der Waals surface area contributed by atoms with Crippen molar-refractivity contribution in [3.05, 3.63) is 33.8 Å². The molecule has 0 saturated carbocycles. The van der Waals surface area contributed by atoms with Gasteiger partial charge in [0.1, 0.15) is 0 Å². The van der Waals surface area contributed by atoms with Crippen LogP contribution in [0, 0.1) is 0 Å². The highest BCUT2D eigenvalue weighted by Crippen LogP contribution is 2.25. The summed E-state index contributed by atoms with van der Waals surface area (Å²) in [5.41, 5.74) is 1.00. The molecule has 0 aromatic heterocycles. The highest BCUT2D eigenvalue weighted by atomic mass is 35.5. The first-order chi connectivity index (χ1) is 8.58. The summed E-state index contributed by atoms with van der Waals surface area (Å²) in [4.78, 5) is 4.35. The zero-order valence-electron chi connectivity index (χ0n) is 10.9. The molecule has 0 heterocycles. The molecule has 2 N–H and O–H groups in total. The van der Waals surface area contributed by atoms with Gasteiger partial charge in [-0.1, -0.05) is 29.3 Å². The summed E-state index contributed by atoms with van der Waals surface area (Å²) in [6.45, 7) is 7.63. The van der Waals surface area contributed by atoms with Crippen LogP contribution in [0.15, 0.2) is 23.2 Å². The molecule has 0 spiro atoms. The molecule has 0 aliphatic rings. The summed E-state index contributed by atoms with van der Waals surface area (Å²) < 4.78 is 0. The zero-order chi connectivity index (χ0) is 13.5. The number of hydrogen-bond acceptors (Lipinski definition) is 1. The van der Waals surface area contributed by atoms with Crippen molar-refractivity contribution < 1.29 is 0 Å². The van der Waals surface area contributed by atoms with Gasteiger partial charge < -0.3 is 10.6 Å². The minimum atomic E-state index is 0.0686. The fraction of sp³-hybridized carbons (Fsp3) is 0.462. The van der Waals surface area contributed by atoms with E-state index in [2.05, 4.69) is 15.6 Å². The van der Waals surface area contributed by atoms with Crippen LogP contribution in [0.5, 0.6) is 0 Å². The molecule has 18 heavy (non-hydrogen) atoms. The maximum absolute atomic E-state index is 6.18. The maximum atomic E-state index is 6.18. The lowest BCUT2D eigenvalue weighted by molar-refractivity contribution is 0.688. The van der Waals surface area contributed by atoms with Gasteiger partial charge in [0, 0.05) is 23.1 Å². The first kappa shape index (κ1) is 15.1. The van der Waals surface area contributed by atoms with Crippen LogP contribution >= 0.6 is 23.2 Å². The number of aliphatic imine (C=N–C) groups is 1. The normalized spacial score (nSPS) is 13.3. The lowest BCUT2D eigenvalue weighted by Gasteiger charge is -2.19. The van der Waals surface area contributed by atoms with E-state index in [1.54, 1.807) is 6.07 Å². The average molecular weight is 288 g/mol. The molecular weight excluding hydrogens is 269 g/mol. The van der Waals surface area contributed by atoms with Crippen LogP contribution in [0.1, 0.15) is 32.4 Å². The minimum absolute atomic E-state index is 0.0686. The van der Waals surface area contributed by atoms with E-state index >= 15 is 0 Å². The highest BCUT2D eigenvalue weighted by Gasteiger charge is 2.11. The Labute approximate surface area is 119 Å². The third-order valence-electron chi connectivity index (χ3n) is 2.44.